The maximum absolute atomic E-state index is 8.94. The van der Waals surface area contributed by atoms with E-state index in [1.807, 2.05) is 31.0 Å². The van der Waals surface area contributed by atoms with Crippen LogP contribution in [0.2, 0.25) is 5.02 Å². The van der Waals surface area contributed by atoms with Crippen molar-refractivity contribution in [2.75, 3.05) is 32.2 Å². The predicted octanol–water partition coefficient (Wildman–Crippen LogP) is 1.41. The molecule has 0 saturated heterocycles. The van der Waals surface area contributed by atoms with Gasteiger partial charge >= 0.3 is 0 Å². The van der Waals surface area contributed by atoms with Crippen LogP contribution >= 0.6 is 11.6 Å². The van der Waals surface area contributed by atoms with E-state index in [0.29, 0.717) is 17.3 Å². The highest BCUT2D eigenvalue weighted by atomic mass is 35.5. The summed E-state index contributed by atoms with van der Waals surface area (Å²) in [6, 6.07) is 3.47. The fourth-order valence-corrected chi connectivity index (χ4v) is 1.96. The Morgan fingerprint density at radius 3 is 2.71 bits per heavy atom. The first kappa shape index (κ1) is 14.1. The fraction of sp³-hybridized carbons (Fsp3) is 0.500. The number of nitrogens with two attached hydrogens (primary N) is 1. The molecule has 1 unspecified atom stereocenters. The van der Waals surface area contributed by atoms with Crippen LogP contribution in [-0.4, -0.2) is 38.5 Å². The van der Waals surface area contributed by atoms with Gasteiger partial charge in [-0.25, -0.2) is 0 Å². The van der Waals surface area contributed by atoms with Crippen LogP contribution in [0.15, 0.2) is 12.1 Å². The van der Waals surface area contributed by atoms with Crippen LogP contribution in [-0.2, 0) is 0 Å². The number of methoxy groups -OCH3 is 1. The van der Waals surface area contributed by atoms with Crippen molar-refractivity contribution in [2.45, 2.75) is 13.0 Å². The van der Waals surface area contributed by atoms with Gasteiger partial charge in [-0.2, -0.15) is 0 Å². The van der Waals surface area contributed by atoms with Crippen LogP contribution in [0.4, 0.5) is 5.69 Å². The first-order chi connectivity index (χ1) is 7.99. The summed E-state index contributed by atoms with van der Waals surface area (Å²) in [4.78, 5) is 1.97. The van der Waals surface area contributed by atoms with Crippen molar-refractivity contribution in [2.24, 2.45) is 5.73 Å². The van der Waals surface area contributed by atoms with Gasteiger partial charge in [-0.1, -0.05) is 11.6 Å². The van der Waals surface area contributed by atoms with Crippen LogP contribution in [0.5, 0.6) is 5.75 Å². The number of aliphatic hydroxyl groups is 1. The van der Waals surface area contributed by atoms with Gasteiger partial charge in [-0.3, -0.25) is 0 Å². The number of hydrogen-bond acceptors (Lipinski definition) is 4. The van der Waals surface area contributed by atoms with Crippen molar-refractivity contribution < 1.29 is 9.84 Å². The Morgan fingerprint density at radius 1 is 1.53 bits per heavy atom. The first-order valence-corrected chi connectivity index (χ1v) is 5.79. The topological polar surface area (TPSA) is 58.7 Å². The molecule has 0 spiro atoms. The van der Waals surface area contributed by atoms with Crippen molar-refractivity contribution >= 4 is 17.3 Å². The lowest BCUT2D eigenvalue weighted by molar-refractivity contribution is 0.267. The van der Waals surface area contributed by atoms with E-state index in [1.165, 1.54) is 0 Å². The second kappa shape index (κ2) is 6.10. The molecule has 4 nitrogen and oxygen atoms in total. The number of anilines is 1. The Bertz CT molecular complexity index is 385. The van der Waals surface area contributed by atoms with Crippen LogP contribution in [0.1, 0.15) is 5.56 Å². The Labute approximate surface area is 107 Å². The maximum atomic E-state index is 8.94. The molecule has 0 bridgehead atoms. The molecule has 0 aliphatic carbocycles. The van der Waals surface area contributed by atoms with E-state index in [4.69, 9.17) is 27.2 Å². The van der Waals surface area contributed by atoms with Crippen LogP contribution < -0.4 is 15.4 Å². The molecule has 96 valence electrons. The van der Waals surface area contributed by atoms with Gasteiger partial charge in [0.15, 0.2) is 0 Å². The van der Waals surface area contributed by atoms with E-state index in [1.54, 1.807) is 7.11 Å². The smallest absolute Gasteiger partial charge is 0.137 e. The molecular weight excluding hydrogens is 240 g/mol. The number of rotatable bonds is 5. The van der Waals surface area contributed by atoms with E-state index in [2.05, 4.69) is 0 Å². The molecule has 0 aromatic heterocycles. The molecular formula is C12H19ClN2O2. The third kappa shape index (κ3) is 3.49. The predicted molar refractivity (Wildman–Crippen MR) is 71.1 cm³/mol. The highest BCUT2D eigenvalue weighted by molar-refractivity contribution is 6.32. The van der Waals surface area contributed by atoms with Gasteiger partial charge in [0.2, 0.25) is 0 Å². The Balaban J connectivity index is 2.94. The summed E-state index contributed by atoms with van der Waals surface area (Å²) in [6.45, 7) is 2.52. The molecule has 0 radical (unpaired) electrons. The number of likely N-dealkylation sites (N-methyl/N-ethyl adjacent to an activating group) is 1. The fourth-order valence-electron chi connectivity index (χ4n) is 1.72. The molecule has 0 heterocycles. The number of halogens is 1. The number of aryl methyl sites for hydroxylation is 1. The van der Waals surface area contributed by atoms with Crippen LogP contribution in [0, 0.1) is 6.92 Å². The highest BCUT2D eigenvalue weighted by Crippen LogP contribution is 2.32. The number of nitrogens with zero attached hydrogens (tertiary/aromatic N) is 1. The molecule has 5 heteroatoms. The number of hydrogen-bond donors (Lipinski definition) is 2. The molecule has 17 heavy (non-hydrogen) atoms. The van der Waals surface area contributed by atoms with Gasteiger partial charge in [0.25, 0.3) is 0 Å². The van der Waals surface area contributed by atoms with Gasteiger partial charge in [0.05, 0.1) is 18.7 Å². The summed E-state index contributed by atoms with van der Waals surface area (Å²) in [5, 5.41) is 9.51. The van der Waals surface area contributed by atoms with Crippen molar-refractivity contribution in [3.8, 4) is 5.75 Å². The largest absolute Gasteiger partial charge is 0.495 e. The standard InChI is InChI=1S/C12H19ClN2O2/c1-8-4-12(17-3)10(13)5-11(8)15(2)6-9(14)7-16/h4-5,9,16H,6-7,14H2,1-3H3. The molecule has 3 N–H and O–H groups in total. The average Bonchev–Trinajstić information content (AvgIpc) is 2.31. The summed E-state index contributed by atoms with van der Waals surface area (Å²) in [6.07, 6.45) is 0. The third-order valence-electron chi connectivity index (χ3n) is 2.62. The monoisotopic (exact) mass is 258 g/mol. The summed E-state index contributed by atoms with van der Waals surface area (Å²) in [5.41, 5.74) is 7.75. The maximum Gasteiger partial charge on any atom is 0.137 e. The molecule has 1 aromatic carbocycles. The molecule has 0 amide bonds. The Hall–Kier alpha value is -0.970. The van der Waals surface area contributed by atoms with Crippen molar-refractivity contribution in [3.63, 3.8) is 0 Å². The number of benzene rings is 1. The molecule has 1 aromatic rings. The molecule has 0 aliphatic rings. The van der Waals surface area contributed by atoms with Gasteiger partial charge in [0, 0.05) is 25.3 Å². The minimum atomic E-state index is -0.264. The summed E-state index contributed by atoms with van der Waals surface area (Å²) < 4.78 is 5.15. The SMILES string of the molecule is COc1cc(C)c(N(C)CC(N)CO)cc1Cl. The van der Waals surface area contributed by atoms with Gasteiger partial charge < -0.3 is 20.5 Å². The number of ether oxygens (including phenoxy) is 1. The van der Waals surface area contributed by atoms with E-state index >= 15 is 0 Å². The quantitative estimate of drug-likeness (QED) is 0.839. The first-order valence-electron chi connectivity index (χ1n) is 5.41. The lowest BCUT2D eigenvalue weighted by atomic mass is 10.1. The van der Waals surface area contributed by atoms with Crippen LogP contribution in [0.25, 0.3) is 0 Å². The van der Waals surface area contributed by atoms with Gasteiger partial charge in [-0.15, -0.1) is 0 Å². The number of aliphatic hydroxyl groups excluding tert-OH is 1. The van der Waals surface area contributed by atoms with Crippen molar-refractivity contribution in [1.29, 1.82) is 0 Å². The van der Waals surface area contributed by atoms with Gasteiger partial charge in [-0.05, 0) is 24.6 Å². The average molecular weight is 259 g/mol. The van der Waals surface area contributed by atoms with Crippen molar-refractivity contribution in [3.05, 3.63) is 22.7 Å². The molecule has 1 rings (SSSR count). The third-order valence-corrected chi connectivity index (χ3v) is 2.92. The van der Waals surface area contributed by atoms with Crippen LogP contribution in [0.3, 0.4) is 0 Å². The minimum absolute atomic E-state index is 0.0344. The highest BCUT2D eigenvalue weighted by Gasteiger charge is 2.12. The Morgan fingerprint density at radius 2 is 2.18 bits per heavy atom. The lowest BCUT2D eigenvalue weighted by Gasteiger charge is -2.24. The zero-order valence-corrected chi connectivity index (χ0v) is 11.2. The van der Waals surface area contributed by atoms with E-state index in [0.717, 1.165) is 11.3 Å². The second-order valence-corrected chi connectivity index (χ2v) is 4.50. The minimum Gasteiger partial charge on any atom is -0.495 e. The molecule has 0 fully saturated rings. The normalized spacial score (nSPS) is 12.4. The van der Waals surface area contributed by atoms with E-state index in [-0.39, 0.29) is 12.6 Å². The zero-order chi connectivity index (χ0) is 13.0. The van der Waals surface area contributed by atoms with E-state index < -0.39 is 0 Å². The van der Waals surface area contributed by atoms with Gasteiger partial charge in [0.1, 0.15) is 5.75 Å². The summed E-state index contributed by atoms with van der Waals surface area (Å²) >= 11 is 6.08. The van der Waals surface area contributed by atoms with Crippen molar-refractivity contribution in [1.82, 2.24) is 0 Å². The summed E-state index contributed by atoms with van der Waals surface area (Å²) in [5.74, 6) is 0.660. The molecule has 0 aliphatic heterocycles. The molecule has 1 atom stereocenters. The second-order valence-electron chi connectivity index (χ2n) is 4.10. The van der Waals surface area contributed by atoms with E-state index in [9.17, 15) is 0 Å². The molecule has 0 saturated carbocycles. The lowest BCUT2D eigenvalue weighted by Crippen LogP contribution is -2.38. The zero-order valence-electron chi connectivity index (χ0n) is 10.4. The Kier molecular flexibility index (Phi) is 5.05. The summed E-state index contributed by atoms with van der Waals surface area (Å²) in [7, 11) is 3.51.